The van der Waals surface area contributed by atoms with Crippen LogP contribution in [0.3, 0.4) is 0 Å². The molecule has 0 radical (unpaired) electrons. The minimum atomic E-state index is -4.20. The van der Waals surface area contributed by atoms with E-state index in [9.17, 15) is 22.0 Å². The summed E-state index contributed by atoms with van der Waals surface area (Å²) in [6, 6.07) is 25.2. The van der Waals surface area contributed by atoms with E-state index in [-0.39, 0.29) is 11.1 Å². The average molecular weight is 591 g/mol. The molecule has 0 spiro atoms. The Bertz CT molecular complexity index is 1710. The van der Waals surface area contributed by atoms with Crippen LogP contribution in [0.1, 0.15) is 37.3 Å². The zero-order valence-corrected chi connectivity index (χ0v) is 23.3. The van der Waals surface area contributed by atoms with Crippen molar-refractivity contribution >= 4 is 0 Å². The monoisotopic (exact) mass is 590 g/mol. The second-order valence-electron chi connectivity index (χ2n) is 10.3. The second-order valence-corrected chi connectivity index (χ2v) is 10.3. The largest absolute Gasteiger partial charge is 0.429 e. The first-order valence-electron chi connectivity index (χ1n) is 14.0. The third-order valence-electron chi connectivity index (χ3n) is 7.27. The van der Waals surface area contributed by atoms with Crippen LogP contribution in [0.25, 0.3) is 33.4 Å². The van der Waals surface area contributed by atoms with E-state index in [1.807, 2.05) is 24.3 Å². The Morgan fingerprint density at radius 3 is 1.72 bits per heavy atom. The number of benzene rings is 5. The lowest BCUT2D eigenvalue weighted by Crippen LogP contribution is -2.23. The summed E-state index contributed by atoms with van der Waals surface area (Å²) in [6.07, 6.45) is 0.440. The van der Waals surface area contributed by atoms with Gasteiger partial charge in [0.25, 0.3) is 0 Å². The highest BCUT2D eigenvalue weighted by molar-refractivity contribution is 5.74. The fraction of sp³-hybridized carbons (Fsp3) is 0.167. The molecule has 0 amide bonds. The standard InChI is InChI=1S/C36H28F6O/c1-2-3-4-5-23-6-8-24(9-7-23)25-10-12-26(13-11-25)27-14-17-30(33(38)20-27)28-15-18-31(34(39)21-28)36(41,42)43-29-16-19-32(37)35(40)22-29/h6-22H,2-5H2,1H3. The van der Waals surface area contributed by atoms with Crippen LogP contribution in [-0.2, 0) is 12.5 Å². The second kappa shape index (κ2) is 12.8. The van der Waals surface area contributed by atoms with Crippen LogP contribution in [0.4, 0.5) is 26.3 Å². The van der Waals surface area contributed by atoms with Crippen molar-refractivity contribution in [3.05, 3.63) is 138 Å². The highest BCUT2D eigenvalue weighted by atomic mass is 19.3. The van der Waals surface area contributed by atoms with E-state index in [0.717, 1.165) is 47.4 Å². The molecule has 5 aromatic rings. The lowest BCUT2D eigenvalue weighted by Gasteiger charge is -2.19. The van der Waals surface area contributed by atoms with Crippen molar-refractivity contribution in [3.8, 4) is 39.1 Å². The van der Waals surface area contributed by atoms with E-state index in [0.29, 0.717) is 17.7 Å². The quantitative estimate of drug-likeness (QED) is 0.116. The summed E-state index contributed by atoms with van der Waals surface area (Å²) in [5.41, 5.74) is 3.73. The number of halogens is 6. The lowest BCUT2D eigenvalue weighted by atomic mass is 9.96. The smallest absolute Gasteiger partial charge is 0.429 e. The zero-order chi connectivity index (χ0) is 30.6. The fourth-order valence-electron chi connectivity index (χ4n) is 4.89. The number of ether oxygens (including phenoxy) is 1. The number of aryl methyl sites for hydroxylation is 1. The van der Waals surface area contributed by atoms with Crippen LogP contribution in [-0.4, -0.2) is 0 Å². The molecule has 0 aromatic heterocycles. The summed E-state index contributed by atoms with van der Waals surface area (Å²) >= 11 is 0. The van der Waals surface area contributed by atoms with Gasteiger partial charge >= 0.3 is 6.11 Å². The molecule has 0 aliphatic rings. The van der Waals surface area contributed by atoms with E-state index >= 15 is 4.39 Å². The molecule has 0 aliphatic carbocycles. The topological polar surface area (TPSA) is 9.23 Å². The van der Waals surface area contributed by atoms with Gasteiger partial charge in [-0.15, -0.1) is 0 Å². The summed E-state index contributed by atoms with van der Waals surface area (Å²) < 4.78 is 90.2. The minimum absolute atomic E-state index is 0.0229. The van der Waals surface area contributed by atoms with Gasteiger partial charge in [0.05, 0.1) is 5.56 Å². The van der Waals surface area contributed by atoms with E-state index in [1.165, 1.54) is 37.0 Å². The number of hydrogen-bond acceptors (Lipinski definition) is 1. The highest BCUT2D eigenvalue weighted by Crippen LogP contribution is 2.36. The average Bonchev–Trinajstić information content (AvgIpc) is 2.99. The zero-order valence-electron chi connectivity index (χ0n) is 23.3. The Labute approximate surface area is 246 Å². The van der Waals surface area contributed by atoms with Crippen LogP contribution < -0.4 is 4.74 Å². The van der Waals surface area contributed by atoms with Crippen LogP contribution in [0.2, 0.25) is 0 Å². The minimum Gasteiger partial charge on any atom is -0.429 e. The molecular weight excluding hydrogens is 562 g/mol. The van der Waals surface area contributed by atoms with Crippen LogP contribution in [0.15, 0.2) is 103 Å². The van der Waals surface area contributed by atoms with E-state index < -0.39 is 40.7 Å². The summed E-state index contributed by atoms with van der Waals surface area (Å²) in [6.45, 7) is 2.18. The molecule has 0 saturated carbocycles. The Morgan fingerprint density at radius 2 is 1.12 bits per heavy atom. The molecule has 1 nitrogen and oxygen atoms in total. The summed E-state index contributed by atoms with van der Waals surface area (Å²) in [5, 5.41) is 0. The lowest BCUT2D eigenvalue weighted by molar-refractivity contribution is -0.187. The van der Waals surface area contributed by atoms with Crippen molar-refractivity contribution in [2.75, 3.05) is 0 Å². The molecule has 7 heteroatoms. The van der Waals surface area contributed by atoms with E-state index in [1.54, 1.807) is 6.07 Å². The first kappa shape index (κ1) is 30.0. The van der Waals surface area contributed by atoms with Gasteiger partial charge in [0.2, 0.25) is 0 Å². The Kier molecular flexibility index (Phi) is 8.90. The van der Waals surface area contributed by atoms with Crippen molar-refractivity contribution in [1.29, 1.82) is 0 Å². The van der Waals surface area contributed by atoms with Crippen LogP contribution in [0, 0.1) is 23.3 Å². The SMILES string of the molecule is CCCCCc1ccc(-c2ccc(-c3ccc(-c4ccc(C(F)(F)Oc5ccc(F)c(F)c5)c(F)c4)c(F)c3)cc2)cc1. The predicted molar refractivity (Wildman–Crippen MR) is 157 cm³/mol. The summed E-state index contributed by atoms with van der Waals surface area (Å²) in [5.74, 6) is -5.32. The number of rotatable bonds is 10. The molecule has 0 N–H and O–H groups in total. The Balaban J connectivity index is 1.31. The van der Waals surface area contributed by atoms with Crippen LogP contribution >= 0.6 is 0 Å². The molecule has 0 saturated heterocycles. The van der Waals surface area contributed by atoms with Gasteiger partial charge < -0.3 is 4.74 Å². The van der Waals surface area contributed by atoms with Gasteiger partial charge in [-0.3, -0.25) is 0 Å². The highest BCUT2D eigenvalue weighted by Gasteiger charge is 2.38. The van der Waals surface area contributed by atoms with E-state index in [2.05, 4.69) is 35.9 Å². The molecule has 0 atom stereocenters. The first-order chi connectivity index (χ1) is 20.6. The molecule has 0 heterocycles. The maximum absolute atomic E-state index is 15.2. The molecule has 0 unspecified atom stereocenters. The molecule has 0 fully saturated rings. The summed E-state index contributed by atoms with van der Waals surface area (Å²) in [7, 11) is 0. The molecular formula is C36H28F6O. The van der Waals surface area contributed by atoms with Gasteiger partial charge in [-0.05, 0) is 76.6 Å². The number of hydrogen-bond donors (Lipinski definition) is 0. The van der Waals surface area contributed by atoms with Crippen molar-refractivity contribution in [1.82, 2.24) is 0 Å². The molecule has 220 valence electrons. The van der Waals surface area contributed by atoms with Gasteiger partial charge in [0.15, 0.2) is 11.6 Å². The third kappa shape index (κ3) is 6.94. The Morgan fingerprint density at radius 1 is 0.535 bits per heavy atom. The maximum atomic E-state index is 15.2. The summed E-state index contributed by atoms with van der Waals surface area (Å²) in [4.78, 5) is 0. The fourth-order valence-corrected chi connectivity index (χ4v) is 4.89. The van der Waals surface area contributed by atoms with Gasteiger partial charge in [-0.25, -0.2) is 17.6 Å². The van der Waals surface area contributed by atoms with Crippen LogP contribution in [0.5, 0.6) is 5.75 Å². The van der Waals surface area contributed by atoms with Crippen molar-refractivity contribution in [2.45, 2.75) is 38.7 Å². The molecule has 0 aliphatic heterocycles. The van der Waals surface area contributed by atoms with Gasteiger partial charge in [-0.2, -0.15) is 8.78 Å². The maximum Gasteiger partial charge on any atom is 0.429 e. The third-order valence-corrected chi connectivity index (χ3v) is 7.27. The molecule has 43 heavy (non-hydrogen) atoms. The molecule has 0 bridgehead atoms. The van der Waals surface area contributed by atoms with E-state index in [4.69, 9.17) is 0 Å². The van der Waals surface area contributed by atoms with Gasteiger partial charge in [-0.1, -0.05) is 86.5 Å². The molecule has 5 rings (SSSR count). The van der Waals surface area contributed by atoms with Gasteiger partial charge in [0.1, 0.15) is 17.4 Å². The van der Waals surface area contributed by atoms with Gasteiger partial charge in [0, 0.05) is 11.6 Å². The Hall–Kier alpha value is -4.52. The van der Waals surface area contributed by atoms with Crippen molar-refractivity contribution in [3.63, 3.8) is 0 Å². The first-order valence-corrected chi connectivity index (χ1v) is 14.0. The normalized spacial score (nSPS) is 11.5. The molecule has 5 aromatic carbocycles. The van der Waals surface area contributed by atoms with Crippen molar-refractivity contribution in [2.24, 2.45) is 0 Å². The predicted octanol–water partition coefficient (Wildman–Crippen LogP) is 11.1. The number of unbranched alkanes of at least 4 members (excludes halogenated alkanes) is 2. The van der Waals surface area contributed by atoms with Crippen molar-refractivity contribution < 1.29 is 31.1 Å². The number of alkyl halides is 2.